The van der Waals surface area contributed by atoms with Crippen LogP contribution in [0.5, 0.6) is 0 Å². The molecule has 9 heteroatoms. The molecule has 0 aromatic rings. The van der Waals surface area contributed by atoms with E-state index in [0.29, 0.717) is 0 Å². The summed E-state index contributed by atoms with van der Waals surface area (Å²) in [7, 11) is -6.62. The summed E-state index contributed by atoms with van der Waals surface area (Å²) in [6.07, 6.45) is 0.342. The van der Waals surface area contributed by atoms with Gasteiger partial charge in [-0.2, -0.15) is 0 Å². The van der Waals surface area contributed by atoms with E-state index in [2.05, 4.69) is 4.72 Å². The van der Waals surface area contributed by atoms with E-state index in [4.69, 9.17) is 5.11 Å². The Balaban J connectivity index is 2.42. The Morgan fingerprint density at radius 3 is 2.33 bits per heavy atom. The highest BCUT2D eigenvalue weighted by Crippen LogP contribution is 2.18. The van der Waals surface area contributed by atoms with E-state index >= 15 is 0 Å². The summed E-state index contributed by atoms with van der Waals surface area (Å²) in [5.74, 6) is -1.18. The number of aliphatic carboxylic acids is 1. The summed E-state index contributed by atoms with van der Waals surface area (Å²) in [5.41, 5.74) is 0. The Bertz CT molecular complexity index is 481. The third-order valence-corrected chi connectivity index (χ3v) is 6.48. The number of nitrogens with one attached hydrogen (secondary N) is 1. The fraction of sp³-hybridized carbons (Fsp3) is 0.889. The third kappa shape index (κ3) is 4.91. The van der Waals surface area contributed by atoms with Crippen molar-refractivity contribution in [1.82, 2.24) is 4.72 Å². The Hall–Kier alpha value is -0.670. The molecule has 0 radical (unpaired) electrons. The predicted octanol–water partition coefficient (Wildman–Crippen LogP) is -0.652. The first-order valence-electron chi connectivity index (χ1n) is 5.64. The average molecular weight is 299 g/mol. The Morgan fingerprint density at radius 1 is 1.28 bits per heavy atom. The zero-order chi connectivity index (χ0) is 13.8. The molecule has 0 aromatic heterocycles. The van der Waals surface area contributed by atoms with E-state index in [9.17, 15) is 21.6 Å². The van der Waals surface area contributed by atoms with Gasteiger partial charge in [0.15, 0.2) is 0 Å². The number of carboxylic acid groups (broad SMARTS) is 1. The minimum Gasteiger partial charge on any atom is -0.481 e. The molecule has 0 saturated carbocycles. The second-order valence-electron chi connectivity index (χ2n) is 4.29. The van der Waals surface area contributed by atoms with Gasteiger partial charge in [-0.1, -0.05) is 0 Å². The van der Waals surface area contributed by atoms with Gasteiger partial charge in [0.2, 0.25) is 10.0 Å². The lowest BCUT2D eigenvalue weighted by Gasteiger charge is -2.22. The lowest BCUT2D eigenvalue weighted by molar-refractivity contribution is -0.137. The highest BCUT2D eigenvalue weighted by Gasteiger charge is 2.32. The molecule has 7 nitrogen and oxygen atoms in total. The zero-order valence-corrected chi connectivity index (χ0v) is 11.5. The maximum atomic E-state index is 11.8. The van der Waals surface area contributed by atoms with Gasteiger partial charge >= 0.3 is 5.97 Å². The summed E-state index contributed by atoms with van der Waals surface area (Å²) in [6, 6.07) is 0. The van der Waals surface area contributed by atoms with E-state index in [1.807, 2.05) is 0 Å². The SMILES string of the molecule is O=C(O)CCCNS(=O)(=O)C1CCS(=O)(=O)CC1. The quantitative estimate of drug-likeness (QED) is 0.629. The summed E-state index contributed by atoms with van der Waals surface area (Å²) < 4.78 is 48.3. The summed E-state index contributed by atoms with van der Waals surface area (Å²) >= 11 is 0. The molecule has 18 heavy (non-hydrogen) atoms. The number of rotatable bonds is 6. The van der Waals surface area contributed by atoms with Crippen molar-refractivity contribution in [2.24, 2.45) is 0 Å². The van der Waals surface area contributed by atoms with E-state index in [1.54, 1.807) is 0 Å². The fourth-order valence-electron chi connectivity index (χ4n) is 1.75. The molecule has 1 rings (SSSR count). The van der Waals surface area contributed by atoms with Crippen molar-refractivity contribution < 1.29 is 26.7 Å². The molecular formula is C9H17NO6S2. The Morgan fingerprint density at radius 2 is 1.83 bits per heavy atom. The van der Waals surface area contributed by atoms with Crippen molar-refractivity contribution in [2.45, 2.75) is 30.9 Å². The second kappa shape index (κ2) is 5.98. The number of hydrogen-bond acceptors (Lipinski definition) is 5. The van der Waals surface area contributed by atoms with Crippen LogP contribution in [0.1, 0.15) is 25.7 Å². The van der Waals surface area contributed by atoms with Crippen LogP contribution in [0.3, 0.4) is 0 Å². The maximum Gasteiger partial charge on any atom is 0.303 e. The molecule has 0 atom stereocenters. The van der Waals surface area contributed by atoms with E-state index in [1.165, 1.54) is 0 Å². The molecule has 1 aliphatic rings. The molecule has 0 bridgehead atoms. The number of carbonyl (C=O) groups is 1. The minimum atomic E-state index is -3.54. The summed E-state index contributed by atoms with van der Waals surface area (Å²) in [4.78, 5) is 10.3. The van der Waals surface area contributed by atoms with Gasteiger partial charge in [-0.15, -0.1) is 0 Å². The molecule has 1 aliphatic heterocycles. The Labute approximate surface area is 107 Å². The van der Waals surface area contributed by atoms with Crippen molar-refractivity contribution in [2.75, 3.05) is 18.1 Å². The topological polar surface area (TPSA) is 118 Å². The monoisotopic (exact) mass is 299 g/mol. The zero-order valence-electron chi connectivity index (χ0n) is 9.83. The third-order valence-electron chi connectivity index (χ3n) is 2.81. The first-order chi connectivity index (χ1) is 8.23. The fourth-order valence-corrected chi connectivity index (χ4v) is 5.06. The molecule has 106 valence electrons. The van der Waals surface area contributed by atoms with Crippen LogP contribution in [0.15, 0.2) is 0 Å². The summed E-state index contributed by atoms with van der Waals surface area (Å²) in [6.45, 7) is 0.0673. The van der Waals surface area contributed by atoms with Gasteiger partial charge in [0.1, 0.15) is 9.84 Å². The van der Waals surface area contributed by atoms with Crippen LogP contribution < -0.4 is 4.72 Å². The molecule has 2 N–H and O–H groups in total. The maximum absolute atomic E-state index is 11.8. The van der Waals surface area contributed by atoms with Gasteiger partial charge in [-0.3, -0.25) is 4.79 Å². The van der Waals surface area contributed by atoms with Crippen LogP contribution in [-0.2, 0) is 24.7 Å². The van der Waals surface area contributed by atoms with E-state index in [-0.39, 0.29) is 43.7 Å². The van der Waals surface area contributed by atoms with Crippen LogP contribution in [-0.4, -0.2) is 51.2 Å². The van der Waals surface area contributed by atoms with Crippen LogP contribution >= 0.6 is 0 Å². The van der Waals surface area contributed by atoms with Crippen LogP contribution in [0.25, 0.3) is 0 Å². The van der Waals surface area contributed by atoms with Crippen LogP contribution in [0, 0.1) is 0 Å². The standard InChI is InChI=1S/C9H17NO6S2/c11-9(12)2-1-5-10-18(15,16)8-3-6-17(13,14)7-4-8/h8,10H,1-7H2,(H,11,12). The number of hydrogen-bond donors (Lipinski definition) is 2. The van der Waals surface area contributed by atoms with Crippen LogP contribution in [0.4, 0.5) is 0 Å². The largest absolute Gasteiger partial charge is 0.481 e. The van der Waals surface area contributed by atoms with Gasteiger partial charge in [0.25, 0.3) is 0 Å². The van der Waals surface area contributed by atoms with E-state index < -0.39 is 31.1 Å². The molecule has 1 fully saturated rings. The van der Waals surface area contributed by atoms with Crippen molar-refractivity contribution in [3.63, 3.8) is 0 Å². The van der Waals surface area contributed by atoms with Crippen molar-refractivity contribution >= 4 is 25.8 Å². The lowest BCUT2D eigenvalue weighted by Crippen LogP contribution is -2.40. The average Bonchev–Trinajstić information content (AvgIpc) is 2.23. The van der Waals surface area contributed by atoms with E-state index in [0.717, 1.165) is 0 Å². The number of carboxylic acids is 1. The highest BCUT2D eigenvalue weighted by molar-refractivity contribution is 7.92. The predicted molar refractivity (Wildman–Crippen MR) is 65.5 cm³/mol. The molecule has 0 amide bonds. The molecule has 0 spiro atoms. The first-order valence-corrected chi connectivity index (χ1v) is 9.00. The second-order valence-corrected chi connectivity index (χ2v) is 8.64. The smallest absolute Gasteiger partial charge is 0.303 e. The van der Waals surface area contributed by atoms with Crippen LogP contribution in [0.2, 0.25) is 0 Å². The highest BCUT2D eigenvalue weighted by atomic mass is 32.2. The van der Waals surface area contributed by atoms with Gasteiger partial charge in [0.05, 0.1) is 16.8 Å². The molecular weight excluding hydrogens is 282 g/mol. The van der Waals surface area contributed by atoms with Gasteiger partial charge in [0, 0.05) is 13.0 Å². The van der Waals surface area contributed by atoms with Crippen molar-refractivity contribution in [1.29, 1.82) is 0 Å². The first kappa shape index (κ1) is 15.4. The Kier molecular flexibility index (Phi) is 5.11. The van der Waals surface area contributed by atoms with Gasteiger partial charge < -0.3 is 5.11 Å². The number of sulfonamides is 1. The molecule has 1 heterocycles. The number of sulfone groups is 1. The van der Waals surface area contributed by atoms with Gasteiger partial charge in [-0.25, -0.2) is 21.6 Å². The molecule has 0 aromatic carbocycles. The lowest BCUT2D eigenvalue weighted by atomic mass is 10.2. The molecule has 1 saturated heterocycles. The normalized spacial score (nSPS) is 20.7. The van der Waals surface area contributed by atoms with Crippen molar-refractivity contribution in [3.05, 3.63) is 0 Å². The molecule has 0 aliphatic carbocycles. The molecule has 0 unspecified atom stereocenters. The van der Waals surface area contributed by atoms with Gasteiger partial charge in [-0.05, 0) is 19.3 Å². The minimum absolute atomic E-state index is 0.0673. The summed E-state index contributed by atoms with van der Waals surface area (Å²) in [5, 5.41) is 7.72. The van der Waals surface area contributed by atoms with Crippen molar-refractivity contribution in [3.8, 4) is 0 Å².